The summed E-state index contributed by atoms with van der Waals surface area (Å²) in [5.74, 6) is 0. The van der Waals surface area contributed by atoms with E-state index in [9.17, 15) is 0 Å². The molecule has 0 saturated heterocycles. The van der Waals surface area contributed by atoms with Crippen molar-refractivity contribution in [1.29, 1.82) is 5.41 Å². The van der Waals surface area contributed by atoms with Crippen LogP contribution in [0.3, 0.4) is 0 Å². The molecule has 7 aromatic carbocycles. The molecule has 0 fully saturated rings. The van der Waals surface area contributed by atoms with Crippen LogP contribution in [0.1, 0.15) is 18.1 Å². The largest absolute Gasteiger partial charge is 0.339 e. The molecule has 3 N–H and O–H groups in total. The lowest BCUT2D eigenvalue weighted by molar-refractivity contribution is 0.828. The summed E-state index contributed by atoms with van der Waals surface area (Å²) in [7, 11) is 0. The monoisotopic (exact) mass is 638 g/mol. The van der Waals surface area contributed by atoms with E-state index in [4.69, 9.17) is 11.1 Å². The van der Waals surface area contributed by atoms with Gasteiger partial charge in [-0.3, -0.25) is 0 Å². The molecule has 0 spiro atoms. The highest BCUT2D eigenvalue weighted by atomic mass is 15.0. The fourth-order valence-electron chi connectivity index (χ4n) is 6.80. The van der Waals surface area contributed by atoms with Crippen molar-refractivity contribution in [2.24, 2.45) is 5.73 Å². The molecule has 0 radical (unpaired) electrons. The summed E-state index contributed by atoms with van der Waals surface area (Å²) in [5.41, 5.74) is 14.2. The van der Waals surface area contributed by atoms with E-state index in [1.807, 2.05) is 48.5 Å². The SMILES string of the molecule is C=N.CCn1c2ccccc2c2c3ccccc3c3c4ccccc4n(-c4ccccc4)c3c21.Cc1ccccc1.NCc1ccccc1. The second-order valence-electron chi connectivity index (χ2n) is 11.8. The molecule has 0 atom stereocenters. The molecular formula is C45H42N4. The zero-order valence-corrected chi connectivity index (χ0v) is 28.2. The Kier molecular flexibility index (Phi) is 10.3. The van der Waals surface area contributed by atoms with Crippen LogP contribution < -0.4 is 5.73 Å². The molecule has 0 aliphatic carbocycles. The van der Waals surface area contributed by atoms with Crippen LogP contribution in [0.15, 0.2) is 164 Å². The highest BCUT2D eigenvalue weighted by Crippen LogP contribution is 2.45. The first-order valence-corrected chi connectivity index (χ1v) is 16.7. The molecule has 0 aliphatic rings. The number of benzene rings is 7. The first-order valence-electron chi connectivity index (χ1n) is 16.7. The first-order chi connectivity index (χ1) is 24.2. The summed E-state index contributed by atoms with van der Waals surface area (Å²) in [4.78, 5) is 0. The van der Waals surface area contributed by atoms with Gasteiger partial charge in [0, 0.05) is 45.8 Å². The molecule has 2 aromatic heterocycles. The van der Waals surface area contributed by atoms with E-state index in [2.05, 4.69) is 145 Å². The molecule has 9 aromatic rings. The summed E-state index contributed by atoms with van der Waals surface area (Å²) in [6, 6.07) is 57.6. The van der Waals surface area contributed by atoms with Crippen LogP contribution in [0, 0.1) is 12.3 Å². The van der Waals surface area contributed by atoms with Gasteiger partial charge in [-0.1, -0.05) is 145 Å². The van der Waals surface area contributed by atoms with Gasteiger partial charge in [-0.05, 0) is 61.2 Å². The van der Waals surface area contributed by atoms with Crippen molar-refractivity contribution >= 4 is 61.1 Å². The molecule has 4 nitrogen and oxygen atoms in total. The number of nitrogens with two attached hydrogens (primary N) is 1. The van der Waals surface area contributed by atoms with Crippen molar-refractivity contribution in [2.45, 2.75) is 26.9 Å². The van der Waals surface area contributed by atoms with E-state index in [-0.39, 0.29) is 0 Å². The van der Waals surface area contributed by atoms with Gasteiger partial charge in [0.15, 0.2) is 0 Å². The third-order valence-electron chi connectivity index (χ3n) is 8.89. The molecule has 242 valence electrons. The van der Waals surface area contributed by atoms with Crippen LogP contribution in [-0.2, 0) is 13.1 Å². The average molecular weight is 639 g/mol. The molecule has 0 bridgehead atoms. The van der Waals surface area contributed by atoms with Crippen LogP contribution in [0.25, 0.3) is 60.1 Å². The molecule has 9 rings (SSSR count). The van der Waals surface area contributed by atoms with Crippen molar-refractivity contribution in [2.75, 3.05) is 0 Å². The smallest absolute Gasteiger partial charge is 0.0791 e. The fraction of sp³-hybridized carbons (Fsp3) is 0.0889. The van der Waals surface area contributed by atoms with Gasteiger partial charge in [-0.25, -0.2) is 0 Å². The summed E-state index contributed by atoms with van der Waals surface area (Å²) in [6.45, 7) is 8.40. The van der Waals surface area contributed by atoms with Crippen molar-refractivity contribution in [3.8, 4) is 5.69 Å². The highest BCUT2D eigenvalue weighted by molar-refractivity contribution is 6.36. The highest BCUT2D eigenvalue weighted by Gasteiger charge is 2.23. The lowest BCUT2D eigenvalue weighted by Gasteiger charge is -2.12. The number of nitrogens with zero attached hydrogens (tertiary/aromatic N) is 2. The van der Waals surface area contributed by atoms with Gasteiger partial charge >= 0.3 is 0 Å². The lowest BCUT2D eigenvalue weighted by Crippen LogP contribution is -1.98. The zero-order valence-electron chi connectivity index (χ0n) is 28.2. The van der Waals surface area contributed by atoms with Crippen molar-refractivity contribution in [3.05, 3.63) is 175 Å². The third-order valence-corrected chi connectivity index (χ3v) is 8.89. The number of para-hydroxylation sites is 3. The van der Waals surface area contributed by atoms with Gasteiger partial charge in [0.05, 0.1) is 16.6 Å². The van der Waals surface area contributed by atoms with Gasteiger partial charge in [0.25, 0.3) is 0 Å². The van der Waals surface area contributed by atoms with Crippen molar-refractivity contribution in [1.82, 2.24) is 9.13 Å². The minimum atomic E-state index is 0.640. The van der Waals surface area contributed by atoms with E-state index in [1.165, 1.54) is 71.2 Å². The third kappa shape index (κ3) is 6.34. The lowest BCUT2D eigenvalue weighted by atomic mass is 9.98. The van der Waals surface area contributed by atoms with Crippen LogP contribution in [0.5, 0.6) is 0 Å². The van der Waals surface area contributed by atoms with E-state index in [1.54, 1.807) is 0 Å². The first kappa shape index (κ1) is 33.0. The zero-order chi connectivity index (χ0) is 34.2. The Bertz CT molecular complexity index is 2440. The maximum Gasteiger partial charge on any atom is 0.0791 e. The van der Waals surface area contributed by atoms with E-state index in [0.29, 0.717) is 6.54 Å². The summed E-state index contributed by atoms with van der Waals surface area (Å²) >= 11 is 0. The van der Waals surface area contributed by atoms with E-state index in [0.717, 1.165) is 6.54 Å². The quantitative estimate of drug-likeness (QED) is 0.186. The summed E-state index contributed by atoms with van der Waals surface area (Å²) in [5, 5.41) is 13.5. The molecular weight excluding hydrogens is 597 g/mol. The van der Waals surface area contributed by atoms with Crippen LogP contribution in [0.4, 0.5) is 0 Å². The Hall–Kier alpha value is -5.97. The Morgan fingerprint density at radius 2 is 0.939 bits per heavy atom. The molecule has 0 amide bonds. The fourth-order valence-corrected chi connectivity index (χ4v) is 6.80. The summed E-state index contributed by atoms with van der Waals surface area (Å²) < 4.78 is 4.96. The predicted octanol–water partition coefficient (Wildman–Crippen LogP) is 11.5. The van der Waals surface area contributed by atoms with Crippen molar-refractivity contribution in [3.63, 3.8) is 0 Å². The Balaban J connectivity index is 0.000000202. The van der Waals surface area contributed by atoms with Crippen LogP contribution in [0.2, 0.25) is 0 Å². The van der Waals surface area contributed by atoms with Gasteiger partial charge in [0.2, 0.25) is 0 Å². The maximum atomic E-state index is 5.50. The van der Waals surface area contributed by atoms with Gasteiger partial charge < -0.3 is 20.3 Å². The van der Waals surface area contributed by atoms with Gasteiger partial charge in [0.1, 0.15) is 0 Å². The minimum Gasteiger partial charge on any atom is -0.339 e. The molecule has 0 aliphatic heterocycles. The van der Waals surface area contributed by atoms with Gasteiger partial charge in [-0.15, -0.1) is 0 Å². The second kappa shape index (κ2) is 15.3. The molecule has 49 heavy (non-hydrogen) atoms. The normalized spacial score (nSPS) is 10.7. The molecule has 4 heteroatoms. The molecule has 0 unspecified atom stereocenters. The van der Waals surface area contributed by atoms with E-state index < -0.39 is 0 Å². The number of hydrogen-bond donors (Lipinski definition) is 2. The van der Waals surface area contributed by atoms with Crippen LogP contribution in [-0.4, -0.2) is 15.9 Å². The number of aromatic nitrogens is 2. The summed E-state index contributed by atoms with van der Waals surface area (Å²) in [6.07, 6.45) is 0. The van der Waals surface area contributed by atoms with Gasteiger partial charge in [-0.2, -0.15) is 0 Å². The van der Waals surface area contributed by atoms with Crippen molar-refractivity contribution < 1.29 is 0 Å². The number of hydrogen-bond acceptors (Lipinski definition) is 2. The minimum absolute atomic E-state index is 0.640. The Morgan fingerprint density at radius 3 is 1.43 bits per heavy atom. The number of aryl methyl sites for hydroxylation is 2. The average Bonchev–Trinajstić information content (AvgIpc) is 3.71. The molecule has 0 saturated carbocycles. The predicted molar refractivity (Wildman–Crippen MR) is 212 cm³/mol. The number of nitrogens with one attached hydrogen (secondary N) is 1. The standard InChI is InChI=1S/C30H22N2.C7H9N.C7H8.CH3N/c1-2-31-25-18-10-8-16-23(25)27-21-14-6-7-15-22(21)28-24-17-9-11-19-26(24)32(30(28)29(27)31)20-12-4-3-5-13-20;8-6-7-4-2-1-3-5-7;1-7-5-3-2-4-6-7;1-2/h3-19H,2H2,1H3;1-5H,6,8H2;2-6H,1H3;2H,1H2. The topological polar surface area (TPSA) is 59.7 Å². The number of fused-ring (bicyclic) bond motifs is 10. The maximum absolute atomic E-state index is 5.50. The van der Waals surface area contributed by atoms with E-state index >= 15 is 0 Å². The Labute approximate surface area is 288 Å². The number of rotatable bonds is 3. The second-order valence-corrected chi connectivity index (χ2v) is 11.8. The Morgan fingerprint density at radius 1 is 0.510 bits per heavy atom. The van der Waals surface area contributed by atoms with Crippen LogP contribution >= 0.6 is 0 Å². The molecule has 2 heterocycles.